The van der Waals surface area contributed by atoms with Gasteiger partial charge in [-0.3, -0.25) is 10.3 Å². The smallest absolute Gasteiger partial charge is 0.126 e. The Bertz CT molecular complexity index is 373. The van der Waals surface area contributed by atoms with Gasteiger partial charge in [-0.25, -0.2) is 8.78 Å². The van der Waals surface area contributed by atoms with Gasteiger partial charge in [0.1, 0.15) is 11.6 Å². The quantitative estimate of drug-likeness (QED) is 0.592. The molecule has 17 heavy (non-hydrogen) atoms. The number of nitrogens with one attached hydrogen (secondary N) is 1. The van der Waals surface area contributed by atoms with Crippen molar-refractivity contribution < 1.29 is 8.78 Å². The van der Waals surface area contributed by atoms with E-state index in [-0.39, 0.29) is 5.84 Å². The van der Waals surface area contributed by atoms with Gasteiger partial charge >= 0.3 is 0 Å². The van der Waals surface area contributed by atoms with Gasteiger partial charge in [-0.05, 0) is 24.2 Å². The largest absolute Gasteiger partial charge is 0.388 e. The molecule has 0 heterocycles. The maximum Gasteiger partial charge on any atom is 0.126 e. The Morgan fingerprint density at radius 1 is 1.29 bits per heavy atom. The molecule has 0 unspecified atom stereocenters. The van der Waals surface area contributed by atoms with Crippen LogP contribution in [0.4, 0.5) is 8.78 Å². The van der Waals surface area contributed by atoms with Crippen LogP contribution in [0.2, 0.25) is 0 Å². The zero-order valence-corrected chi connectivity index (χ0v) is 9.84. The van der Waals surface area contributed by atoms with E-state index in [0.29, 0.717) is 25.1 Å². The van der Waals surface area contributed by atoms with Gasteiger partial charge in [-0.15, -0.1) is 0 Å². The fraction of sp³-hybridized carbons (Fsp3) is 0.417. The van der Waals surface area contributed by atoms with E-state index in [1.54, 1.807) is 0 Å². The molecule has 0 radical (unpaired) electrons. The Hall–Kier alpha value is -1.49. The Morgan fingerprint density at radius 2 is 1.88 bits per heavy atom. The zero-order valence-electron chi connectivity index (χ0n) is 9.84. The van der Waals surface area contributed by atoms with Gasteiger partial charge in [0.2, 0.25) is 0 Å². The third kappa shape index (κ3) is 4.91. The van der Waals surface area contributed by atoms with Gasteiger partial charge in [-0.2, -0.15) is 0 Å². The Morgan fingerprint density at radius 3 is 2.35 bits per heavy atom. The average Bonchev–Trinajstić information content (AvgIpc) is 2.22. The first-order valence-corrected chi connectivity index (χ1v) is 5.51. The molecule has 0 saturated carbocycles. The molecular weight excluding hydrogens is 224 g/mol. The second-order valence-corrected chi connectivity index (χ2v) is 3.92. The summed E-state index contributed by atoms with van der Waals surface area (Å²) in [6, 6.07) is 3.49. The summed E-state index contributed by atoms with van der Waals surface area (Å²) in [6.45, 7) is 3.77. The fourth-order valence-corrected chi connectivity index (χ4v) is 1.59. The summed E-state index contributed by atoms with van der Waals surface area (Å²) in [5, 5.41) is 7.14. The molecule has 3 nitrogen and oxygen atoms in total. The van der Waals surface area contributed by atoms with Gasteiger partial charge in [0.15, 0.2) is 0 Å². The van der Waals surface area contributed by atoms with Crippen LogP contribution < -0.4 is 5.73 Å². The standard InChI is InChI=1S/C12H17F2N3/c1-2-17(4-3-12(15)16)8-9-5-10(13)7-11(14)6-9/h5-7H,2-4,8H2,1H3,(H3,15,16). The molecule has 0 atom stereocenters. The SMILES string of the molecule is CCN(CCC(=N)N)Cc1cc(F)cc(F)c1. The monoisotopic (exact) mass is 241 g/mol. The lowest BCUT2D eigenvalue weighted by molar-refractivity contribution is 0.287. The first kappa shape index (κ1) is 13.6. The number of hydrogen-bond donors (Lipinski definition) is 2. The molecule has 3 N–H and O–H groups in total. The minimum Gasteiger partial charge on any atom is -0.388 e. The number of rotatable bonds is 6. The van der Waals surface area contributed by atoms with E-state index in [1.807, 2.05) is 11.8 Å². The van der Waals surface area contributed by atoms with Crippen LogP contribution in [-0.2, 0) is 6.54 Å². The number of benzene rings is 1. The van der Waals surface area contributed by atoms with Crippen LogP contribution in [0.3, 0.4) is 0 Å². The van der Waals surface area contributed by atoms with Gasteiger partial charge in [0, 0.05) is 25.6 Å². The molecule has 5 heteroatoms. The van der Waals surface area contributed by atoms with Gasteiger partial charge in [0.25, 0.3) is 0 Å². The third-order valence-corrected chi connectivity index (χ3v) is 2.47. The minimum absolute atomic E-state index is 0.119. The van der Waals surface area contributed by atoms with Crippen LogP contribution in [0.1, 0.15) is 18.9 Å². The molecule has 0 aliphatic heterocycles. The molecule has 0 aliphatic rings. The van der Waals surface area contributed by atoms with E-state index in [9.17, 15) is 8.78 Å². The molecule has 0 bridgehead atoms. The van der Waals surface area contributed by atoms with Gasteiger partial charge in [-0.1, -0.05) is 6.92 Å². The Kier molecular flexibility index (Phi) is 5.03. The second-order valence-electron chi connectivity index (χ2n) is 3.92. The van der Waals surface area contributed by atoms with Crippen molar-refractivity contribution in [2.75, 3.05) is 13.1 Å². The maximum absolute atomic E-state index is 13.0. The van der Waals surface area contributed by atoms with Crippen LogP contribution in [0.15, 0.2) is 18.2 Å². The minimum atomic E-state index is -0.567. The summed E-state index contributed by atoms with van der Waals surface area (Å²) in [6.07, 6.45) is 0.464. The van der Waals surface area contributed by atoms with Crippen molar-refractivity contribution in [1.29, 1.82) is 5.41 Å². The third-order valence-electron chi connectivity index (χ3n) is 2.47. The van der Waals surface area contributed by atoms with Gasteiger partial charge in [0.05, 0.1) is 5.84 Å². The van der Waals surface area contributed by atoms with Crippen molar-refractivity contribution in [2.45, 2.75) is 19.9 Å². The molecule has 1 aromatic carbocycles. The fourth-order valence-electron chi connectivity index (χ4n) is 1.59. The first-order valence-electron chi connectivity index (χ1n) is 5.51. The highest BCUT2D eigenvalue weighted by molar-refractivity contribution is 5.76. The highest BCUT2D eigenvalue weighted by Crippen LogP contribution is 2.10. The van der Waals surface area contributed by atoms with Crippen LogP contribution >= 0.6 is 0 Å². The lowest BCUT2D eigenvalue weighted by atomic mass is 10.2. The number of nitrogens with two attached hydrogens (primary N) is 1. The second kappa shape index (κ2) is 6.30. The van der Waals surface area contributed by atoms with Crippen molar-refractivity contribution in [3.8, 4) is 0 Å². The summed E-state index contributed by atoms with van der Waals surface area (Å²) in [4.78, 5) is 1.98. The molecule has 0 aromatic heterocycles. The van der Waals surface area contributed by atoms with Crippen molar-refractivity contribution in [3.63, 3.8) is 0 Å². The van der Waals surface area contributed by atoms with Crippen LogP contribution in [0.25, 0.3) is 0 Å². The van der Waals surface area contributed by atoms with E-state index in [2.05, 4.69) is 0 Å². The zero-order chi connectivity index (χ0) is 12.8. The lowest BCUT2D eigenvalue weighted by Crippen LogP contribution is -2.27. The molecule has 0 fully saturated rings. The highest BCUT2D eigenvalue weighted by atomic mass is 19.1. The van der Waals surface area contributed by atoms with E-state index in [1.165, 1.54) is 12.1 Å². The molecule has 0 saturated heterocycles. The molecule has 1 aromatic rings. The summed E-state index contributed by atoms with van der Waals surface area (Å²) >= 11 is 0. The van der Waals surface area contributed by atoms with E-state index < -0.39 is 11.6 Å². The molecule has 0 spiro atoms. The Balaban J connectivity index is 2.63. The summed E-state index contributed by atoms with van der Waals surface area (Å²) < 4.78 is 26.0. The summed E-state index contributed by atoms with van der Waals surface area (Å²) in [5.74, 6) is -1.01. The van der Waals surface area contributed by atoms with Gasteiger partial charge < -0.3 is 5.73 Å². The predicted octanol–water partition coefficient (Wildman–Crippen LogP) is 2.11. The number of nitrogens with zero attached hydrogens (tertiary/aromatic N) is 1. The van der Waals surface area contributed by atoms with Crippen LogP contribution in [-0.4, -0.2) is 23.8 Å². The molecule has 1 rings (SSSR count). The molecule has 0 aliphatic carbocycles. The van der Waals surface area contributed by atoms with Crippen LogP contribution in [0.5, 0.6) is 0 Å². The highest BCUT2D eigenvalue weighted by Gasteiger charge is 2.06. The molecular formula is C12H17F2N3. The topological polar surface area (TPSA) is 53.1 Å². The van der Waals surface area contributed by atoms with Crippen molar-refractivity contribution in [1.82, 2.24) is 4.90 Å². The average molecular weight is 241 g/mol. The predicted molar refractivity (Wildman–Crippen MR) is 63.8 cm³/mol. The van der Waals surface area contributed by atoms with E-state index >= 15 is 0 Å². The molecule has 94 valence electrons. The van der Waals surface area contributed by atoms with Crippen molar-refractivity contribution in [3.05, 3.63) is 35.4 Å². The molecule has 0 amide bonds. The first-order chi connectivity index (χ1) is 8.01. The number of halogens is 2. The Labute approximate surface area is 99.7 Å². The number of amidine groups is 1. The summed E-state index contributed by atoms with van der Waals surface area (Å²) in [5.41, 5.74) is 5.86. The van der Waals surface area contributed by atoms with E-state index in [0.717, 1.165) is 12.6 Å². The van der Waals surface area contributed by atoms with Crippen LogP contribution in [0, 0.1) is 17.0 Å². The van der Waals surface area contributed by atoms with Crippen molar-refractivity contribution in [2.24, 2.45) is 5.73 Å². The lowest BCUT2D eigenvalue weighted by Gasteiger charge is -2.20. The summed E-state index contributed by atoms with van der Waals surface area (Å²) in [7, 11) is 0. The normalized spacial score (nSPS) is 10.8. The maximum atomic E-state index is 13.0. The van der Waals surface area contributed by atoms with E-state index in [4.69, 9.17) is 11.1 Å². The number of hydrogen-bond acceptors (Lipinski definition) is 2. The van der Waals surface area contributed by atoms with Crippen molar-refractivity contribution >= 4 is 5.84 Å².